The van der Waals surface area contributed by atoms with Crippen LogP contribution in [-0.4, -0.2) is 59.9 Å². The Morgan fingerprint density at radius 2 is 1.84 bits per heavy atom. The first kappa shape index (κ1) is 27.1. The summed E-state index contributed by atoms with van der Waals surface area (Å²) in [6.07, 6.45) is 2.21. The van der Waals surface area contributed by atoms with Gasteiger partial charge < -0.3 is 19.3 Å². The van der Waals surface area contributed by atoms with Crippen LogP contribution in [0.1, 0.15) is 39.2 Å². The van der Waals surface area contributed by atoms with E-state index in [4.69, 9.17) is 9.47 Å². The van der Waals surface area contributed by atoms with Gasteiger partial charge in [-0.3, -0.25) is 19.7 Å². The molecule has 1 aliphatic carbocycles. The molecule has 200 valence electrons. The molecule has 1 saturated carbocycles. The molecule has 0 aliphatic heterocycles. The van der Waals surface area contributed by atoms with E-state index in [9.17, 15) is 19.7 Å². The Morgan fingerprint density at radius 1 is 1.08 bits per heavy atom. The van der Waals surface area contributed by atoms with E-state index >= 15 is 0 Å². The topological polar surface area (TPSA) is 102 Å². The minimum Gasteiger partial charge on any atom is -0.493 e. The summed E-state index contributed by atoms with van der Waals surface area (Å²) < 4.78 is 10.7. The molecule has 9 nitrogen and oxygen atoms in total. The molecule has 0 unspecified atom stereocenters. The fourth-order valence-corrected chi connectivity index (χ4v) is 5.01. The van der Waals surface area contributed by atoms with Crippen molar-refractivity contribution in [3.63, 3.8) is 0 Å². The van der Waals surface area contributed by atoms with E-state index in [1.165, 1.54) is 6.07 Å². The van der Waals surface area contributed by atoms with Crippen LogP contribution in [0, 0.1) is 17.0 Å². The second-order valence-corrected chi connectivity index (χ2v) is 10.3. The highest BCUT2D eigenvalue weighted by atomic mass is 32.1. The van der Waals surface area contributed by atoms with Gasteiger partial charge in [-0.1, -0.05) is 18.2 Å². The summed E-state index contributed by atoms with van der Waals surface area (Å²) in [5, 5.41) is 13.4. The lowest BCUT2D eigenvalue weighted by Gasteiger charge is -2.28. The molecule has 0 N–H and O–H groups in total. The lowest BCUT2D eigenvalue weighted by atomic mass is 10.1. The number of benzene rings is 2. The quantitative estimate of drug-likeness (QED) is 0.242. The molecule has 0 radical (unpaired) electrons. The maximum Gasteiger partial charge on any atom is 0.273 e. The molecule has 0 spiro atoms. The summed E-state index contributed by atoms with van der Waals surface area (Å²) in [4.78, 5) is 42.3. The summed E-state index contributed by atoms with van der Waals surface area (Å²) in [5.41, 5.74) is 1.59. The van der Waals surface area contributed by atoms with Crippen molar-refractivity contribution in [3.8, 4) is 11.5 Å². The lowest BCUT2D eigenvalue weighted by Crippen LogP contribution is -2.44. The van der Waals surface area contributed by atoms with Crippen molar-refractivity contribution in [3.05, 3.63) is 85.6 Å². The molecule has 2 aromatic carbocycles. The van der Waals surface area contributed by atoms with E-state index in [0.29, 0.717) is 36.6 Å². The second-order valence-electron chi connectivity index (χ2n) is 9.26. The predicted octanol–water partition coefficient (Wildman–Crippen LogP) is 4.86. The van der Waals surface area contributed by atoms with E-state index in [1.807, 2.05) is 35.7 Å². The molecular weight excluding hydrogens is 506 g/mol. The number of nitro groups is 1. The number of methoxy groups -OCH3 is 2. The minimum absolute atomic E-state index is 0.0405. The fraction of sp³-hybridized carbons (Fsp3) is 0.357. The molecule has 38 heavy (non-hydrogen) atoms. The number of rotatable bonds is 12. The average molecular weight is 538 g/mol. The van der Waals surface area contributed by atoms with Crippen molar-refractivity contribution in [2.45, 2.75) is 38.8 Å². The smallest absolute Gasteiger partial charge is 0.273 e. The molecule has 10 heteroatoms. The van der Waals surface area contributed by atoms with Crippen LogP contribution in [0.25, 0.3) is 0 Å². The molecule has 1 aromatic heterocycles. The number of amides is 2. The molecule has 0 bridgehead atoms. The average Bonchev–Trinajstić information content (AvgIpc) is 3.63. The summed E-state index contributed by atoms with van der Waals surface area (Å²) in [6, 6.07) is 14.0. The standard InChI is InChI=1S/C28H31N3O6S/c1-19-6-8-21(16-24(19)31(34)35)28(33)30(22-9-10-22)18-27(32)29(17-23-5-4-14-38-23)13-12-20-7-11-25(36-2)26(15-20)37-3/h4-8,11,14-16,22H,9-10,12-13,17-18H2,1-3H3. The summed E-state index contributed by atoms with van der Waals surface area (Å²) >= 11 is 1.57. The first-order valence-corrected chi connectivity index (χ1v) is 13.3. The second kappa shape index (κ2) is 12.1. The van der Waals surface area contributed by atoms with Crippen molar-refractivity contribution in [1.82, 2.24) is 9.80 Å². The number of nitrogens with zero attached hydrogens (tertiary/aromatic N) is 3. The van der Waals surface area contributed by atoms with Crippen LogP contribution < -0.4 is 9.47 Å². The van der Waals surface area contributed by atoms with E-state index < -0.39 is 4.92 Å². The van der Waals surface area contributed by atoms with Crippen LogP contribution >= 0.6 is 11.3 Å². The Labute approximate surface area is 225 Å². The van der Waals surface area contributed by atoms with Gasteiger partial charge in [-0.05, 0) is 61.4 Å². The van der Waals surface area contributed by atoms with Crippen molar-refractivity contribution in [1.29, 1.82) is 0 Å². The van der Waals surface area contributed by atoms with Crippen LogP contribution in [0.3, 0.4) is 0 Å². The van der Waals surface area contributed by atoms with Gasteiger partial charge in [0.25, 0.3) is 11.6 Å². The van der Waals surface area contributed by atoms with E-state index in [0.717, 1.165) is 23.3 Å². The highest BCUT2D eigenvalue weighted by Gasteiger charge is 2.36. The molecule has 0 atom stereocenters. The lowest BCUT2D eigenvalue weighted by molar-refractivity contribution is -0.385. The molecule has 4 rings (SSSR count). The number of ether oxygens (including phenoxy) is 2. The van der Waals surface area contributed by atoms with Gasteiger partial charge in [0, 0.05) is 34.7 Å². The Morgan fingerprint density at radius 3 is 2.47 bits per heavy atom. The molecule has 1 fully saturated rings. The van der Waals surface area contributed by atoms with Crippen LogP contribution in [0.2, 0.25) is 0 Å². The molecule has 3 aromatic rings. The first-order valence-electron chi connectivity index (χ1n) is 12.4. The van der Waals surface area contributed by atoms with Crippen LogP contribution in [0.4, 0.5) is 5.69 Å². The van der Waals surface area contributed by atoms with Crippen molar-refractivity contribution < 1.29 is 24.0 Å². The zero-order chi connectivity index (χ0) is 27.2. The summed E-state index contributed by atoms with van der Waals surface area (Å²) in [5.74, 6) is 0.734. The SMILES string of the molecule is COc1ccc(CCN(Cc2cccs2)C(=O)CN(C(=O)c2ccc(C)c([N+](=O)[O-])c2)C2CC2)cc1OC. The highest BCUT2D eigenvalue weighted by Crippen LogP contribution is 2.30. The van der Waals surface area contributed by atoms with Crippen molar-refractivity contribution in [2.24, 2.45) is 0 Å². The van der Waals surface area contributed by atoms with Gasteiger partial charge in [0.15, 0.2) is 11.5 Å². The Kier molecular flexibility index (Phi) is 8.62. The van der Waals surface area contributed by atoms with Gasteiger partial charge in [-0.25, -0.2) is 0 Å². The third-order valence-corrected chi connectivity index (χ3v) is 7.47. The van der Waals surface area contributed by atoms with Gasteiger partial charge in [0.1, 0.15) is 6.54 Å². The Bertz CT molecular complexity index is 1310. The molecule has 1 aliphatic rings. The number of carbonyl (C=O) groups is 2. The predicted molar refractivity (Wildman–Crippen MR) is 145 cm³/mol. The summed E-state index contributed by atoms with van der Waals surface area (Å²) in [7, 11) is 3.17. The van der Waals surface area contributed by atoms with Crippen LogP contribution in [0.15, 0.2) is 53.9 Å². The largest absolute Gasteiger partial charge is 0.493 e. The van der Waals surface area contributed by atoms with Gasteiger partial charge in [0.2, 0.25) is 5.91 Å². The van der Waals surface area contributed by atoms with Crippen molar-refractivity contribution in [2.75, 3.05) is 27.3 Å². The van der Waals surface area contributed by atoms with Crippen molar-refractivity contribution >= 4 is 28.8 Å². The van der Waals surface area contributed by atoms with E-state index in [-0.39, 0.29) is 35.7 Å². The molecule has 1 heterocycles. The molecule has 0 saturated heterocycles. The maximum atomic E-state index is 13.6. The van der Waals surface area contributed by atoms with E-state index in [2.05, 4.69) is 0 Å². The van der Waals surface area contributed by atoms with Gasteiger partial charge >= 0.3 is 0 Å². The summed E-state index contributed by atoms with van der Waals surface area (Å²) in [6.45, 7) is 2.44. The zero-order valence-corrected chi connectivity index (χ0v) is 22.5. The maximum absolute atomic E-state index is 13.6. The van der Waals surface area contributed by atoms with Crippen LogP contribution in [-0.2, 0) is 17.8 Å². The monoisotopic (exact) mass is 537 g/mol. The number of hydrogen-bond acceptors (Lipinski definition) is 7. The molecular formula is C28H31N3O6S. The molecule has 2 amide bonds. The van der Waals surface area contributed by atoms with Crippen LogP contribution in [0.5, 0.6) is 11.5 Å². The first-order chi connectivity index (χ1) is 18.3. The zero-order valence-electron chi connectivity index (χ0n) is 21.7. The Hall–Kier alpha value is -3.92. The minimum atomic E-state index is -0.490. The van der Waals surface area contributed by atoms with Gasteiger partial charge in [-0.2, -0.15) is 0 Å². The normalized spacial score (nSPS) is 12.6. The Balaban J connectivity index is 1.52. The van der Waals surface area contributed by atoms with E-state index in [1.54, 1.807) is 54.4 Å². The number of carbonyl (C=O) groups excluding carboxylic acids is 2. The third-order valence-electron chi connectivity index (χ3n) is 6.60. The fourth-order valence-electron chi connectivity index (χ4n) is 4.29. The number of thiophene rings is 1. The number of hydrogen-bond donors (Lipinski definition) is 0. The number of nitro benzene ring substituents is 1. The number of aryl methyl sites for hydroxylation is 1. The van der Waals surface area contributed by atoms with Gasteiger partial charge in [0.05, 0.1) is 25.7 Å². The third kappa shape index (κ3) is 6.49. The highest BCUT2D eigenvalue weighted by molar-refractivity contribution is 7.09. The van der Waals surface area contributed by atoms with Gasteiger partial charge in [-0.15, -0.1) is 11.3 Å².